The molecule has 0 atom stereocenters. The van der Waals surface area contributed by atoms with Gasteiger partial charge in [-0.25, -0.2) is 9.78 Å². The first-order chi connectivity index (χ1) is 14.2. The number of aryl methyl sites for hydroxylation is 2. The summed E-state index contributed by atoms with van der Waals surface area (Å²) in [5, 5.41) is 3.43. The fourth-order valence-corrected chi connectivity index (χ4v) is 3.32. The van der Waals surface area contributed by atoms with Crippen LogP contribution in [0, 0.1) is 13.8 Å². The fraction of sp³-hybridized carbons (Fsp3) is 0.545. The molecule has 2 aliphatic rings. The molecule has 0 radical (unpaired) electrons. The maximum absolute atomic E-state index is 12.3. The minimum atomic E-state index is -0.655. The molecule has 2 heterocycles. The van der Waals surface area contributed by atoms with E-state index in [1.165, 1.54) is 0 Å². The van der Waals surface area contributed by atoms with E-state index in [9.17, 15) is 9.59 Å². The fourth-order valence-electron chi connectivity index (χ4n) is 3.32. The van der Waals surface area contributed by atoms with Crippen molar-refractivity contribution in [1.82, 2.24) is 24.8 Å². The Morgan fingerprint density at radius 3 is 2.53 bits per heavy atom. The lowest BCUT2D eigenvalue weighted by molar-refractivity contribution is -0.00451. The van der Waals surface area contributed by atoms with Crippen LogP contribution >= 0.6 is 0 Å². The Bertz CT molecular complexity index is 1110. The Balaban J connectivity index is 1.76. The number of hydrogen-bond acceptors (Lipinski definition) is 6. The molecule has 0 bridgehead atoms. The van der Waals surface area contributed by atoms with Crippen molar-refractivity contribution >= 4 is 11.0 Å². The van der Waals surface area contributed by atoms with E-state index in [2.05, 4.69) is 41.0 Å². The molecular weight excluding hydrogens is 382 g/mol. The molecule has 0 spiro atoms. The number of hydrogen-bond donors (Lipinski definition) is 2. The normalized spacial score (nSPS) is 12.2. The average molecular weight is 414 g/mol. The molecule has 0 saturated heterocycles. The Morgan fingerprint density at radius 1 is 1.07 bits per heavy atom. The van der Waals surface area contributed by atoms with Gasteiger partial charge in [0.25, 0.3) is 5.56 Å². The number of aromatic nitrogens is 4. The van der Waals surface area contributed by atoms with Crippen LogP contribution < -0.4 is 16.6 Å². The molecule has 0 saturated carbocycles. The second-order valence-corrected chi connectivity index (χ2v) is 8.65. The highest BCUT2D eigenvalue weighted by Gasteiger charge is 2.19. The summed E-state index contributed by atoms with van der Waals surface area (Å²) in [4.78, 5) is 34.9. The summed E-state index contributed by atoms with van der Waals surface area (Å²) in [5.41, 5.74) is 2.72. The molecule has 0 aromatic heterocycles. The maximum atomic E-state index is 12.3. The third-order valence-electron chi connectivity index (χ3n) is 5.02. The first-order valence-electron chi connectivity index (χ1n) is 10.4. The van der Waals surface area contributed by atoms with Gasteiger partial charge >= 0.3 is 5.69 Å². The van der Waals surface area contributed by atoms with Gasteiger partial charge in [-0.2, -0.15) is 4.98 Å². The van der Waals surface area contributed by atoms with Gasteiger partial charge in [-0.15, -0.1) is 0 Å². The molecule has 2 N–H and O–H groups in total. The van der Waals surface area contributed by atoms with Crippen molar-refractivity contribution in [3.63, 3.8) is 0 Å². The Kier molecular flexibility index (Phi) is 6.67. The summed E-state index contributed by atoms with van der Waals surface area (Å²) in [6.45, 7) is 13.1. The molecule has 1 aromatic carbocycles. The number of aromatic amines is 1. The van der Waals surface area contributed by atoms with Crippen LogP contribution in [0.3, 0.4) is 0 Å². The Morgan fingerprint density at radius 2 is 1.80 bits per heavy atom. The Labute approximate surface area is 176 Å². The summed E-state index contributed by atoms with van der Waals surface area (Å²) in [5.74, 6) is 0.319. The summed E-state index contributed by atoms with van der Waals surface area (Å²) < 4.78 is 7.65. The van der Waals surface area contributed by atoms with E-state index < -0.39 is 11.2 Å². The molecule has 162 valence electrons. The van der Waals surface area contributed by atoms with E-state index >= 15 is 0 Å². The zero-order chi connectivity index (χ0) is 21.9. The first-order valence-corrected chi connectivity index (χ1v) is 10.4. The lowest BCUT2D eigenvalue weighted by atomic mass is 10.1. The predicted molar refractivity (Wildman–Crippen MR) is 118 cm³/mol. The topological polar surface area (TPSA) is 102 Å². The number of rotatable bonds is 8. The number of unbranched alkanes of at least 4 members (excludes halogenated alkanes) is 1. The summed E-state index contributed by atoms with van der Waals surface area (Å²) in [6.07, 6.45) is 2.01. The number of benzene rings is 1. The number of H-pyrrole nitrogens is 1. The first kappa shape index (κ1) is 22.1. The van der Waals surface area contributed by atoms with Gasteiger partial charge in [0.1, 0.15) is 0 Å². The largest absolute Gasteiger partial charge is 0.376 e. The molecule has 1 aromatic rings. The summed E-state index contributed by atoms with van der Waals surface area (Å²) in [7, 11) is 0. The van der Waals surface area contributed by atoms with E-state index in [1.54, 1.807) is 0 Å². The molecule has 30 heavy (non-hydrogen) atoms. The van der Waals surface area contributed by atoms with E-state index in [-0.39, 0.29) is 11.3 Å². The lowest BCUT2D eigenvalue weighted by Crippen LogP contribution is -2.30. The van der Waals surface area contributed by atoms with E-state index in [1.807, 2.05) is 30.5 Å². The summed E-state index contributed by atoms with van der Waals surface area (Å²) >= 11 is 0. The van der Waals surface area contributed by atoms with Crippen molar-refractivity contribution in [2.24, 2.45) is 0 Å². The van der Waals surface area contributed by atoms with Crippen LogP contribution in [0.4, 0.5) is 0 Å². The smallest absolute Gasteiger partial charge is 0.349 e. The van der Waals surface area contributed by atoms with Crippen molar-refractivity contribution in [3.8, 4) is 11.5 Å². The minimum absolute atomic E-state index is 0.102. The number of fused-ring (bicyclic) bond motifs is 2. The predicted octanol–water partition coefficient (Wildman–Crippen LogP) is 2.39. The van der Waals surface area contributed by atoms with Gasteiger partial charge in [-0.1, -0.05) is 0 Å². The van der Waals surface area contributed by atoms with Gasteiger partial charge in [-0.3, -0.25) is 9.78 Å². The molecule has 0 amide bonds. The lowest BCUT2D eigenvalue weighted by Gasteiger charge is -2.19. The molecule has 8 nitrogen and oxygen atoms in total. The van der Waals surface area contributed by atoms with E-state index in [0.717, 1.165) is 48.2 Å². The molecule has 2 aliphatic heterocycles. The van der Waals surface area contributed by atoms with Gasteiger partial charge in [-0.05, 0) is 77.3 Å². The second-order valence-electron chi connectivity index (χ2n) is 8.65. The van der Waals surface area contributed by atoms with Gasteiger partial charge < -0.3 is 14.6 Å². The van der Waals surface area contributed by atoms with Gasteiger partial charge in [0.15, 0.2) is 11.5 Å². The monoisotopic (exact) mass is 413 g/mol. The molecular formula is C22H31N5O3. The van der Waals surface area contributed by atoms with Crippen molar-refractivity contribution in [1.29, 1.82) is 0 Å². The third-order valence-corrected chi connectivity index (χ3v) is 5.02. The maximum Gasteiger partial charge on any atom is 0.349 e. The highest BCUT2D eigenvalue weighted by atomic mass is 16.5. The molecule has 0 fully saturated rings. The number of ether oxygens (including phenoxy) is 1. The zero-order valence-corrected chi connectivity index (χ0v) is 18.5. The van der Waals surface area contributed by atoms with Crippen LogP contribution in [-0.2, 0) is 11.3 Å². The third kappa shape index (κ3) is 5.31. The van der Waals surface area contributed by atoms with Crippen molar-refractivity contribution in [2.45, 2.75) is 59.6 Å². The second kappa shape index (κ2) is 9.06. The highest BCUT2D eigenvalue weighted by molar-refractivity contribution is 5.81. The van der Waals surface area contributed by atoms with Crippen LogP contribution in [0.5, 0.6) is 0 Å². The number of nitrogens with zero attached hydrogens (tertiary/aromatic N) is 3. The van der Waals surface area contributed by atoms with Crippen LogP contribution in [0.2, 0.25) is 0 Å². The van der Waals surface area contributed by atoms with E-state index in [0.29, 0.717) is 18.9 Å². The van der Waals surface area contributed by atoms with Crippen molar-refractivity contribution in [3.05, 3.63) is 44.1 Å². The minimum Gasteiger partial charge on any atom is -0.376 e. The van der Waals surface area contributed by atoms with Crippen LogP contribution in [0.1, 0.15) is 44.7 Å². The Hall–Kier alpha value is -2.58. The SMILES string of the molecule is Cc1cc2nc3c(=O)[nH]c(=O)nc-3n(CCNCCCCOC(C)(C)C)c2cc1C. The molecule has 0 aliphatic carbocycles. The van der Waals surface area contributed by atoms with Gasteiger partial charge in [0.2, 0.25) is 0 Å². The van der Waals surface area contributed by atoms with Gasteiger partial charge in [0, 0.05) is 19.7 Å². The van der Waals surface area contributed by atoms with Gasteiger partial charge in [0.05, 0.1) is 16.6 Å². The van der Waals surface area contributed by atoms with Crippen LogP contribution in [0.15, 0.2) is 21.7 Å². The van der Waals surface area contributed by atoms with Crippen LogP contribution in [-0.4, -0.2) is 44.8 Å². The standard InChI is InChI=1S/C22H31N5O3/c1-14-12-16-17(13-15(14)2)27(19-18(24-16)20(28)26-21(29)25-19)10-9-23-8-6-7-11-30-22(3,4)5/h12-13,23H,6-11H2,1-5H3,(H,26,28,29). The van der Waals surface area contributed by atoms with Crippen LogP contribution in [0.25, 0.3) is 22.6 Å². The zero-order valence-electron chi connectivity index (χ0n) is 18.5. The molecule has 0 unspecified atom stereocenters. The van der Waals surface area contributed by atoms with E-state index in [4.69, 9.17) is 4.74 Å². The number of nitrogens with one attached hydrogen (secondary N) is 2. The van der Waals surface area contributed by atoms with Crippen molar-refractivity contribution < 1.29 is 4.74 Å². The highest BCUT2D eigenvalue weighted by Crippen LogP contribution is 2.23. The average Bonchev–Trinajstić information content (AvgIpc) is 2.64. The van der Waals surface area contributed by atoms with Crippen molar-refractivity contribution in [2.75, 3.05) is 19.7 Å². The molecule has 3 rings (SSSR count). The quantitative estimate of drug-likeness (QED) is 0.434. The molecule has 8 heteroatoms. The summed E-state index contributed by atoms with van der Waals surface area (Å²) in [6, 6.07) is 4.00.